The average molecular weight is 752 g/mol. The van der Waals surface area contributed by atoms with Crippen LogP contribution in [-0.2, 0) is 30.8 Å². The lowest BCUT2D eigenvalue weighted by Crippen LogP contribution is -2.58. The van der Waals surface area contributed by atoms with Crippen LogP contribution in [-0.4, -0.2) is 87.6 Å². The number of nitrogens with one attached hydrogen (secondary N) is 3. The molecule has 15 nitrogen and oxygen atoms in total. The fourth-order valence-corrected chi connectivity index (χ4v) is 8.44. The van der Waals surface area contributed by atoms with E-state index in [2.05, 4.69) is 30.5 Å². The van der Waals surface area contributed by atoms with Gasteiger partial charge in [0.05, 0.1) is 28.5 Å². The van der Waals surface area contributed by atoms with Crippen LogP contribution in [0.25, 0.3) is 11.0 Å². The van der Waals surface area contributed by atoms with Crippen LogP contribution in [0.4, 0.5) is 4.39 Å². The number of allylic oxidation sites excluding steroid dienone is 1. The van der Waals surface area contributed by atoms with E-state index in [4.69, 9.17) is 9.26 Å². The minimum absolute atomic E-state index is 0.0237. The highest BCUT2D eigenvalue weighted by atomic mass is 32.2. The van der Waals surface area contributed by atoms with Crippen LogP contribution in [0.2, 0.25) is 0 Å². The van der Waals surface area contributed by atoms with E-state index < -0.39 is 74.4 Å². The van der Waals surface area contributed by atoms with Gasteiger partial charge in [-0.15, -0.1) is 0 Å². The van der Waals surface area contributed by atoms with Crippen molar-refractivity contribution in [3.8, 4) is 5.88 Å². The third-order valence-corrected chi connectivity index (χ3v) is 12.1. The quantitative estimate of drug-likeness (QED) is 0.286. The van der Waals surface area contributed by atoms with Crippen LogP contribution >= 0.6 is 0 Å². The number of aryl methyl sites for hydroxylation is 2. The first-order chi connectivity index (χ1) is 25.4. The largest absolute Gasteiger partial charge is 0.471 e. The zero-order valence-corrected chi connectivity index (χ0v) is 30.3. The lowest BCUT2D eigenvalue weighted by Gasteiger charge is -2.29. The summed E-state index contributed by atoms with van der Waals surface area (Å²) in [5, 5.41) is 8.73. The molecule has 53 heavy (non-hydrogen) atoms. The summed E-state index contributed by atoms with van der Waals surface area (Å²) in [6.07, 6.45) is 7.49. The predicted molar refractivity (Wildman–Crippen MR) is 187 cm³/mol. The zero-order valence-electron chi connectivity index (χ0n) is 29.5. The fraction of sp³-hybridized carbons (Fsp3) is 0.528. The Hall–Kier alpha value is -4.93. The topological polar surface area (TPSA) is 203 Å². The number of rotatable bonds is 8. The molecule has 1 saturated heterocycles. The van der Waals surface area contributed by atoms with E-state index >= 15 is 0 Å². The van der Waals surface area contributed by atoms with Gasteiger partial charge in [-0.2, -0.15) is 0 Å². The normalized spacial score (nSPS) is 27.1. The van der Waals surface area contributed by atoms with Crippen LogP contribution in [0.1, 0.15) is 86.7 Å². The van der Waals surface area contributed by atoms with Crippen molar-refractivity contribution in [1.29, 1.82) is 0 Å². The van der Waals surface area contributed by atoms with E-state index in [0.29, 0.717) is 49.0 Å². The summed E-state index contributed by atoms with van der Waals surface area (Å²) in [6, 6.07) is 3.28. The molecule has 7 rings (SSSR count). The van der Waals surface area contributed by atoms with Gasteiger partial charge in [-0.3, -0.25) is 23.9 Å². The van der Waals surface area contributed by atoms with Gasteiger partial charge >= 0.3 is 0 Å². The summed E-state index contributed by atoms with van der Waals surface area (Å²) in [5.41, 5.74) is 0.193. The van der Waals surface area contributed by atoms with Crippen molar-refractivity contribution in [3.05, 3.63) is 59.4 Å². The Labute approximate surface area is 305 Å². The van der Waals surface area contributed by atoms with Crippen LogP contribution in [0.5, 0.6) is 5.88 Å². The zero-order chi connectivity index (χ0) is 37.5. The van der Waals surface area contributed by atoms with Crippen molar-refractivity contribution in [2.75, 3.05) is 6.54 Å². The van der Waals surface area contributed by atoms with Crippen molar-refractivity contribution >= 4 is 44.7 Å². The van der Waals surface area contributed by atoms with Gasteiger partial charge in [0.15, 0.2) is 0 Å². The lowest BCUT2D eigenvalue weighted by atomic mass is 10.0. The molecular weight excluding hydrogens is 710 g/mol. The Kier molecular flexibility index (Phi) is 9.95. The number of fused-ring (bicyclic) bond motifs is 3. The molecule has 3 aromatic rings. The van der Waals surface area contributed by atoms with Crippen LogP contribution < -0.4 is 20.1 Å². The second-order valence-electron chi connectivity index (χ2n) is 14.3. The van der Waals surface area contributed by atoms with Crippen molar-refractivity contribution < 1.29 is 41.2 Å². The minimum atomic E-state index is -3.91. The Bertz CT molecular complexity index is 2090. The molecular formula is C36H42FN7O8S. The summed E-state index contributed by atoms with van der Waals surface area (Å²) < 4.78 is 53.4. The number of carbonyl (C=O) groups excluding carboxylic acids is 4. The first-order valence-electron chi connectivity index (χ1n) is 18.1. The molecule has 17 heteroatoms. The highest BCUT2D eigenvalue weighted by Crippen LogP contribution is 2.46. The number of carbonyl (C=O) groups is 4. The van der Waals surface area contributed by atoms with E-state index in [1.165, 1.54) is 29.2 Å². The molecule has 0 bridgehead atoms. The molecule has 282 valence electrons. The molecule has 3 N–H and O–H groups in total. The SMILES string of the molecule is CCc1nc2ccc(F)cc2nc1O[C@@H]1C[C@H]2C(=O)N[C@]3(C(=O)NS(=O)(=O)C4CC4)C[C@H]3/C=C\CCCCC[C@H](NC(=O)c3cc(C)no3)C(=O)N2C1. The molecule has 1 aromatic carbocycles. The fourth-order valence-electron chi connectivity index (χ4n) is 7.08. The Balaban J connectivity index is 1.20. The van der Waals surface area contributed by atoms with Gasteiger partial charge in [-0.05, 0) is 64.0 Å². The second-order valence-corrected chi connectivity index (χ2v) is 16.3. The highest BCUT2D eigenvalue weighted by molar-refractivity contribution is 7.91. The molecule has 0 radical (unpaired) electrons. The van der Waals surface area contributed by atoms with Crippen LogP contribution in [0, 0.1) is 18.7 Å². The summed E-state index contributed by atoms with van der Waals surface area (Å²) in [5.74, 6) is -3.57. The number of benzene rings is 1. The summed E-state index contributed by atoms with van der Waals surface area (Å²) in [6.45, 7) is 3.44. The number of hydrogen-bond donors (Lipinski definition) is 3. The molecule has 0 spiro atoms. The van der Waals surface area contributed by atoms with Gasteiger partial charge in [-0.1, -0.05) is 37.1 Å². The van der Waals surface area contributed by atoms with Crippen LogP contribution in [0.15, 0.2) is 40.9 Å². The van der Waals surface area contributed by atoms with Gasteiger partial charge in [0.1, 0.15) is 35.2 Å². The second kappa shape index (κ2) is 14.5. The first kappa shape index (κ1) is 36.4. The molecule has 2 saturated carbocycles. The first-order valence-corrected chi connectivity index (χ1v) is 19.6. The van der Waals surface area contributed by atoms with Gasteiger partial charge in [0.2, 0.25) is 33.5 Å². The third kappa shape index (κ3) is 7.75. The summed E-state index contributed by atoms with van der Waals surface area (Å²) in [7, 11) is -3.91. The number of nitrogens with zero attached hydrogens (tertiary/aromatic N) is 4. The summed E-state index contributed by atoms with van der Waals surface area (Å²) >= 11 is 0. The number of hydrogen-bond acceptors (Lipinski definition) is 11. The van der Waals surface area contributed by atoms with Gasteiger partial charge in [0, 0.05) is 24.5 Å². The Morgan fingerprint density at radius 3 is 2.66 bits per heavy atom. The standard InChI is InChI=1S/C36H42FN7O8S/c1-3-25-33(40-28-16-22(37)11-14-26(28)38-25)51-23-17-29-31(45)41-36(35(48)43-53(49,50)24-12-13-24)18-21(36)9-7-5-4-6-8-10-27(34(47)44(29)19-23)39-32(46)30-15-20(2)42-52-30/h7,9,11,14-16,21,23-24,27,29H,3-6,8,10,12-13,17-19H2,1-2H3,(H,39,46)(H,41,45)(H,43,48)/b9-7-/t21-,23-,27+,29+,36-/m1/s1. The molecule has 0 unspecified atom stereocenters. The van der Waals surface area contributed by atoms with E-state index in [1.54, 1.807) is 6.92 Å². The van der Waals surface area contributed by atoms with E-state index in [-0.39, 0.29) is 43.0 Å². The maximum absolute atomic E-state index is 14.5. The number of amides is 4. The van der Waals surface area contributed by atoms with Crippen molar-refractivity contribution in [2.45, 2.75) is 107 Å². The Morgan fingerprint density at radius 2 is 1.92 bits per heavy atom. The monoisotopic (exact) mass is 751 g/mol. The molecule has 3 fully saturated rings. The number of halogens is 1. The molecule has 5 atom stereocenters. The predicted octanol–water partition coefficient (Wildman–Crippen LogP) is 2.78. The molecule has 4 aliphatic rings. The van der Waals surface area contributed by atoms with Gasteiger partial charge in [-0.25, -0.2) is 22.8 Å². The van der Waals surface area contributed by atoms with Gasteiger partial charge < -0.3 is 24.8 Å². The van der Waals surface area contributed by atoms with Gasteiger partial charge in [0.25, 0.3) is 11.8 Å². The third-order valence-electron chi connectivity index (χ3n) is 10.3. The number of ether oxygens (including phenoxy) is 1. The van der Waals surface area contributed by atoms with E-state index in [0.717, 1.165) is 12.8 Å². The number of aromatic nitrogens is 3. The highest BCUT2D eigenvalue weighted by Gasteiger charge is 2.62. The maximum Gasteiger partial charge on any atom is 0.290 e. The summed E-state index contributed by atoms with van der Waals surface area (Å²) in [4.78, 5) is 66.2. The smallest absolute Gasteiger partial charge is 0.290 e. The number of sulfonamides is 1. The molecule has 2 aromatic heterocycles. The van der Waals surface area contributed by atoms with E-state index in [1.807, 2.05) is 19.1 Å². The molecule has 2 aliphatic carbocycles. The van der Waals surface area contributed by atoms with Crippen molar-refractivity contribution in [1.82, 2.24) is 35.4 Å². The van der Waals surface area contributed by atoms with Crippen molar-refractivity contribution in [2.24, 2.45) is 5.92 Å². The maximum atomic E-state index is 14.5. The lowest BCUT2D eigenvalue weighted by molar-refractivity contribution is -0.141. The Morgan fingerprint density at radius 1 is 1.11 bits per heavy atom. The minimum Gasteiger partial charge on any atom is -0.471 e. The van der Waals surface area contributed by atoms with E-state index in [9.17, 15) is 32.0 Å². The molecule has 4 heterocycles. The average Bonchev–Trinajstić information content (AvgIpc) is 4.01. The molecule has 4 amide bonds. The van der Waals surface area contributed by atoms with Crippen LogP contribution in [0.3, 0.4) is 0 Å². The molecule has 2 aliphatic heterocycles. The van der Waals surface area contributed by atoms with Crippen molar-refractivity contribution in [3.63, 3.8) is 0 Å².